The van der Waals surface area contributed by atoms with Gasteiger partial charge in [-0.1, -0.05) is 0 Å². The number of rotatable bonds is 2. The number of Topliss-reactive ketones (excluding diaryl/α,β-unsaturated/α-hetero) is 3. The fourth-order valence-corrected chi connectivity index (χ4v) is 5.99. The van der Waals surface area contributed by atoms with Gasteiger partial charge in [-0.15, -0.1) is 0 Å². The Labute approximate surface area is 201 Å². The monoisotopic (exact) mass is 482 g/mol. The fourth-order valence-electron chi connectivity index (χ4n) is 5.99. The number of methoxy groups -OCH3 is 2. The lowest BCUT2D eigenvalue weighted by Gasteiger charge is -2.56. The fraction of sp³-hybridized carbons (Fsp3) is 0.400. The van der Waals surface area contributed by atoms with Crippen molar-refractivity contribution in [1.29, 1.82) is 0 Å². The predicted octanol–water partition coefficient (Wildman–Crippen LogP) is 1.08. The maximum atomic E-state index is 13.5. The van der Waals surface area contributed by atoms with Crippen molar-refractivity contribution in [2.45, 2.75) is 45.1 Å². The molecule has 1 saturated heterocycles. The third-order valence-electron chi connectivity index (χ3n) is 7.66. The Bertz CT molecular complexity index is 1340. The molecule has 0 amide bonds. The highest BCUT2D eigenvalue weighted by molar-refractivity contribution is 6.37. The maximum Gasteiger partial charge on any atom is 0.226 e. The lowest BCUT2D eigenvalue weighted by Crippen LogP contribution is -2.69. The van der Waals surface area contributed by atoms with E-state index in [1.165, 1.54) is 21.1 Å². The largest absolute Gasteiger partial charge is 0.507 e. The molecule has 0 saturated carbocycles. The summed E-state index contributed by atoms with van der Waals surface area (Å²) in [6.45, 7) is 4.74. The van der Waals surface area contributed by atoms with Crippen LogP contribution in [-0.4, -0.2) is 82.0 Å². The molecule has 10 heteroatoms. The van der Waals surface area contributed by atoms with Crippen LogP contribution in [0.4, 0.5) is 0 Å². The highest BCUT2D eigenvalue weighted by Crippen LogP contribution is 2.54. The number of allylic oxidation sites excluding steroid dienone is 2. The van der Waals surface area contributed by atoms with Gasteiger partial charge >= 0.3 is 0 Å². The molecule has 0 unspecified atom stereocenters. The SMILES string of the molecule is COC1=C(C)C(=O)C2=C(C1=O)[C@@H]1C3=Cc4c(O)c(C)c(OC)c(O)c4[C@H](C)N3[C@@H](O)[C@H](C2=O)N1C. The summed E-state index contributed by atoms with van der Waals surface area (Å²) < 4.78 is 10.5. The van der Waals surface area contributed by atoms with Crippen molar-refractivity contribution in [2.24, 2.45) is 0 Å². The van der Waals surface area contributed by atoms with E-state index < -0.39 is 41.7 Å². The van der Waals surface area contributed by atoms with Crippen LogP contribution in [0.25, 0.3) is 6.08 Å². The van der Waals surface area contributed by atoms with Crippen molar-refractivity contribution >= 4 is 23.4 Å². The molecule has 0 aromatic heterocycles. The zero-order chi connectivity index (χ0) is 25.7. The first-order valence-electron chi connectivity index (χ1n) is 11.1. The Morgan fingerprint density at radius 2 is 1.66 bits per heavy atom. The van der Waals surface area contributed by atoms with Gasteiger partial charge in [0, 0.05) is 33.5 Å². The van der Waals surface area contributed by atoms with E-state index in [1.807, 2.05) is 0 Å². The second kappa shape index (κ2) is 7.43. The van der Waals surface area contributed by atoms with Gasteiger partial charge in [0.25, 0.3) is 0 Å². The molecule has 0 radical (unpaired) electrons. The molecular weight excluding hydrogens is 456 g/mol. The molecule has 4 atom stereocenters. The zero-order valence-corrected chi connectivity index (χ0v) is 20.2. The molecule has 1 aromatic carbocycles. The average Bonchev–Trinajstić information content (AvgIpc) is 2.80. The second-order valence-electron chi connectivity index (χ2n) is 9.23. The van der Waals surface area contributed by atoms with Gasteiger partial charge in [0.1, 0.15) is 11.8 Å². The smallest absolute Gasteiger partial charge is 0.226 e. The number of aliphatic hydroxyl groups excluding tert-OH is 1. The molecule has 184 valence electrons. The minimum Gasteiger partial charge on any atom is -0.507 e. The number of hydrogen-bond donors (Lipinski definition) is 3. The van der Waals surface area contributed by atoms with Crippen molar-refractivity contribution in [2.75, 3.05) is 21.3 Å². The molecule has 3 aliphatic heterocycles. The number of benzene rings is 1. The van der Waals surface area contributed by atoms with Crippen LogP contribution in [0.1, 0.15) is 36.6 Å². The first kappa shape index (κ1) is 23.1. The molecule has 3 heterocycles. The highest BCUT2D eigenvalue weighted by Gasteiger charge is 2.58. The van der Waals surface area contributed by atoms with E-state index in [-0.39, 0.29) is 39.7 Å². The number of ketones is 3. The normalized spacial score (nSPS) is 28.0. The number of hydrogen-bond acceptors (Lipinski definition) is 10. The predicted molar refractivity (Wildman–Crippen MR) is 122 cm³/mol. The van der Waals surface area contributed by atoms with Crippen LogP contribution in [-0.2, 0) is 19.1 Å². The van der Waals surface area contributed by atoms with Crippen molar-refractivity contribution in [1.82, 2.24) is 9.80 Å². The topological polar surface area (TPSA) is 137 Å². The number of nitrogens with zero attached hydrogens (tertiary/aromatic N) is 2. The van der Waals surface area contributed by atoms with Gasteiger partial charge in [-0.05, 0) is 33.9 Å². The van der Waals surface area contributed by atoms with Crippen LogP contribution in [0.3, 0.4) is 0 Å². The van der Waals surface area contributed by atoms with Crippen LogP contribution in [0, 0.1) is 6.92 Å². The van der Waals surface area contributed by atoms with Crippen LogP contribution in [0.15, 0.2) is 28.2 Å². The van der Waals surface area contributed by atoms with Crippen LogP contribution in [0.5, 0.6) is 17.2 Å². The molecule has 3 N–H and O–H groups in total. The van der Waals surface area contributed by atoms with E-state index in [1.54, 1.807) is 36.8 Å². The number of likely N-dealkylation sites (N-methyl/N-ethyl adjacent to an activating group) is 1. The lowest BCUT2D eigenvalue weighted by molar-refractivity contribution is -0.145. The van der Waals surface area contributed by atoms with Crippen LogP contribution < -0.4 is 4.74 Å². The average molecular weight is 482 g/mol. The number of ether oxygens (including phenoxy) is 2. The Morgan fingerprint density at radius 3 is 2.26 bits per heavy atom. The third kappa shape index (κ3) is 2.63. The summed E-state index contributed by atoms with van der Waals surface area (Å²) in [7, 11) is 4.27. The van der Waals surface area contributed by atoms with E-state index in [2.05, 4.69) is 0 Å². The van der Waals surface area contributed by atoms with Crippen molar-refractivity contribution < 1.29 is 39.2 Å². The number of phenols is 2. The van der Waals surface area contributed by atoms with Gasteiger partial charge in [-0.3, -0.25) is 19.3 Å². The summed E-state index contributed by atoms with van der Waals surface area (Å²) in [5, 5.41) is 33.3. The minimum atomic E-state index is -1.39. The molecule has 1 fully saturated rings. The first-order valence-corrected chi connectivity index (χ1v) is 11.1. The van der Waals surface area contributed by atoms with Crippen molar-refractivity contribution in [3.8, 4) is 17.2 Å². The van der Waals surface area contributed by atoms with Gasteiger partial charge < -0.3 is 29.7 Å². The van der Waals surface area contributed by atoms with Crippen LogP contribution in [0.2, 0.25) is 0 Å². The number of aliphatic hydroxyl groups is 1. The Hall–Kier alpha value is -3.63. The van der Waals surface area contributed by atoms with Gasteiger partial charge in [0.2, 0.25) is 5.78 Å². The number of carbonyl (C=O) groups is 3. The summed E-state index contributed by atoms with van der Waals surface area (Å²) >= 11 is 0. The summed E-state index contributed by atoms with van der Waals surface area (Å²) in [6.07, 6.45) is 0.185. The molecule has 0 spiro atoms. The quantitative estimate of drug-likeness (QED) is 0.319. The van der Waals surface area contributed by atoms with Gasteiger partial charge in [0.15, 0.2) is 35.1 Å². The minimum absolute atomic E-state index is 0.0195. The van der Waals surface area contributed by atoms with E-state index in [4.69, 9.17) is 9.47 Å². The highest BCUT2D eigenvalue weighted by atomic mass is 16.5. The van der Waals surface area contributed by atoms with Crippen molar-refractivity contribution in [3.63, 3.8) is 0 Å². The van der Waals surface area contributed by atoms with Gasteiger partial charge in [-0.25, -0.2) is 0 Å². The molecule has 10 nitrogen and oxygen atoms in total. The number of piperazine rings is 1. The van der Waals surface area contributed by atoms with Crippen LogP contribution >= 0.6 is 0 Å². The summed E-state index contributed by atoms with van der Waals surface area (Å²) in [4.78, 5) is 43.3. The third-order valence-corrected chi connectivity index (χ3v) is 7.66. The first-order chi connectivity index (χ1) is 16.5. The van der Waals surface area contributed by atoms with E-state index in [9.17, 15) is 29.7 Å². The molecule has 4 aliphatic rings. The summed E-state index contributed by atoms with van der Waals surface area (Å²) in [5.74, 6) is -2.15. The number of aromatic hydroxyl groups is 2. The molecule has 2 bridgehead atoms. The Morgan fingerprint density at radius 1 is 1.00 bits per heavy atom. The Kier molecular flexibility index (Phi) is 4.91. The standard InChI is InChI=1S/C25H26N2O8/c1-8-18(28)11-7-12-16-14-15(19(29)9(2)24(35-6)22(14)32)20(30)17(26(16)4)25(33)27(12)10(3)13(11)21(31)23(8)34-5/h7,10,16-17,25,28,31,33H,1-6H3/t10-,16-,17-,25-/m0/s1. The number of phenolic OH excluding ortho intramolecular Hbond substituents is 2. The molecule has 35 heavy (non-hydrogen) atoms. The number of carbonyl (C=O) groups excluding carboxylic acids is 3. The number of fused-ring (bicyclic) bond motifs is 6. The second-order valence-corrected chi connectivity index (χ2v) is 9.23. The summed E-state index contributed by atoms with van der Waals surface area (Å²) in [6, 6.07) is -2.70. The maximum absolute atomic E-state index is 13.5. The van der Waals surface area contributed by atoms with E-state index in [0.29, 0.717) is 22.4 Å². The van der Waals surface area contributed by atoms with Gasteiger partial charge in [0.05, 0.1) is 31.9 Å². The lowest BCUT2D eigenvalue weighted by atomic mass is 9.72. The molecule has 5 rings (SSSR count). The molecular formula is C25H26N2O8. The van der Waals surface area contributed by atoms with Gasteiger partial charge in [-0.2, -0.15) is 0 Å². The zero-order valence-electron chi connectivity index (χ0n) is 20.2. The molecule has 1 aliphatic carbocycles. The Balaban J connectivity index is 1.82. The van der Waals surface area contributed by atoms with E-state index >= 15 is 0 Å². The van der Waals surface area contributed by atoms with E-state index in [0.717, 1.165) is 0 Å². The van der Waals surface area contributed by atoms with Crippen molar-refractivity contribution in [3.05, 3.63) is 44.9 Å². The summed E-state index contributed by atoms with van der Waals surface area (Å²) in [5.41, 5.74) is 1.15. The molecule has 1 aromatic rings.